The average Bonchev–Trinajstić information content (AvgIpc) is 3.64. The second-order valence-electron chi connectivity index (χ2n) is 10.9. The predicted molar refractivity (Wildman–Crippen MR) is 165 cm³/mol. The van der Waals surface area contributed by atoms with Gasteiger partial charge in [0, 0.05) is 72.5 Å². The molecule has 0 atom stereocenters. The van der Waals surface area contributed by atoms with Crippen LogP contribution in [0.5, 0.6) is 0 Å². The third kappa shape index (κ3) is 4.20. The summed E-state index contributed by atoms with van der Waals surface area (Å²) in [5, 5.41) is 1.80. The largest absolute Gasteiger partial charge is 0.373 e. The number of rotatable bonds is 8. The van der Waals surface area contributed by atoms with Crippen molar-refractivity contribution in [1.82, 2.24) is 24.7 Å². The first-order chi connectivity index (χ1) is 20.1. The zero-order chi connectivity index (χ0) is 29.9. The maximum atomic E-state index is 13.3. The van der Waals surface area contributed by atoms with Gasteiger partial charge >= 0.3 is 0 Å². The molecule has 0 saturated carbocycles. The second-order valence-corrected chi connectivity index (χ2v) is 11.7. The number of H-pyrrole nitrogens is 2. The van der Waals surface area contributed by atoms with Crippen LogP contribution in [-0.4, -0.2) is 76.5 Å². The van der Waals surface area contributed by atoms with Gasteiger partial charge in [-0.25, -0.2) is 0 Å². The molecular formula is C32H30BrN5O4. The Morgan fingerprint density at radius 1 is 0.667 bits per heavy atom. The quantitative estimate of drug-likeness (QED) is 0.219. The molecule has 2 N–H and O–H groups in total. The summed E-state index contributed by atoms with van der Waals surface area (Å²) in [6, 6.07) is 15.6. The van der Waals surface area contributed by atoms with Crippen molar-refractivity contribution in [3.63, 3.8) is 0 Å². The number of carbonyl (C=O) groups is 4. The number of halogens is 1. The lowest BCUT2D eigenvalue weighted by molar-refractivity contribution is -0.136. The van der Waals surface area contributed by atoms with Crippen LogP contribution in [0.15, 0.2) is 58.7 Å². The van der Waals surface area contributed by atoms with Crippen LogP contribution in [0.3, 0.4) is 0 Å². The van der Waals surface area contributed by atoms with Crippen LogP contribution >= 0.6 is 15.9 Å². The molecule has 2 aliphatic heterocycles. The monoisotopic (exact) mass is 627 g/mol. The maximum absolute atomic E-state index is 13.3. The van der Waals surface area contributed by atoms with Crippen LogP contribution < -0.4 is 0 Å². The molecule has 9 nitrogen and oxygen atoms in total. The molecule has 0 bridgehead atoms. The Balaban J connectivity index is 1.32. The number of hydrogen-bond acceptors (Lipinski definition) is 5. The van der Waals surface area contributed by atoms with E-state index in [1.54, 1.807) is 19.0 Å². The molecule has 2 aromatic heterocycles. The molecule has 0 saturated heterocycles. The lowest BCUT2D eigenvalue weighted by Gasteiger charge is -2.14. The van der Waals surface area contributed by atoms with Gasteiger partial charge in [0.2, 0.25) is 0 Å². The van der Waals surface area contributed by atoms with E-state index in [4.69, 9.17) is 0 Å². The first kappa shape index (κ1) is 27.7. The first-order valence-corrected chi connectivity index (χ1v) is 14.6. The van der Waals surface area contributed by atoms with Gasteiger partial charge in [0.15, 0.2) is 0 Å². The van der Waals surface area contributed by atoms with Crippen LogP contribution in [0.2, 0.25) is 0 Å². The van der Waals surface area contributed by atoms with Crippen LogP contribution in [0.25, 0.3) is 33.0 Å². The van der Waals surface area contributed by atoms with Crippen LogP contribution in [0.1, 0.15) is 35.4 Å². The number of nitrogens with one attached hydrogen (secondary N) is 2. The van der Waals surface area contributed by atoms with E-state index in [2.05, 4.69) is 25.9 Å². The smallest absolute Gasteiger partial charge is 0.277 e. The number of likely N-dealkylation sites (N-methyl/N-ethyl adjacent to an activating group) is 3. The fourth-order valence-corrected chi connectivity index (χ4v) is 6.67. The summed E-state index contributed by atoms with van der Waals surface area (Å²) in [7, 11) is 6.56. The van der Waals surface area contributed by atoms with E-state index in [-0.39, 0.29) is 28.1 Å². The molecule has 2 aromatic carbocycles. The van der Waals surface area contributed by atoms with E-state index in [9.17, 15) is 19.2 Å². The zero-order valence-electron chi connectivity index (χ0n) is 23.8. The number of para-hydroxylation sites is 2. The van der Waals surface area contributed by atoms with Gasteiger partial charge in [-0.15, -0.1) is 0 Å². The second kappa shape index (κ2) is 10.4. The van der Waals surface area contributed by atoms with Gasteiger partial charge in [-0.3, -0.25) is 29.0 Å². The highest BCUT2D eigenvalue weighted by molar-refractivity contribution is 9.12. The molecule has 0 unspecified atom stereocenters. The molecule has 214 valence electrons. The van der Waals surface area contributed by atoms with E-state index < -0.39 is 0 Å². The van der Waals surface area contributed by atoms with Crippen molar-refractivity contribution in [2.75, 3.05) is 28.2 Å². The van der Waals surface area contributed by atoms with E-state index in [1.807, 2.05) is 48.5 Å². The lowest BCUT2D eigenvalue weighted by atomic mass is 9.96. The Kier molecular flexibility index (Phi) is 6.89. The van der Waals surface area contributed by atoms with Crippen LogP contribution in [-0.2, 0) is 32.0 Å². The van der Waals surface area contributed by atoms with Crippen molar-refractivity contribution in [1.29, 1.82) is 0 Å². The number of hydrogen-bond donors (Lipinski definition) is 2. The van der Waals surface area contributed by atoms with Gasteiger partial charge in [0.25, 0.3) is 23.6 Å². The third-order valence-electron chi connectivity index (χ3n) is 8.11. The molecule has 0 spiro atoms. The zero-order valence-corrected chi connectivity index (χ0v) is 25.4. The van der Waals surface area contributed by atoms with Gasteiger partial charge in [0.1, 0.15) is 5.70 Å². The molecule has 4 aromatic rings. The van der Waals surface area contributed by atoms with E-state index in [1.165, 1.54) is 19.0 Å². The molecule has 0 fully saturated rings. The summed E-state index contributed by atoms with van der Waals surface area (Å²) >= 11 is 3.38. The summed E-state index contributed by atoms with van der Waals surface area (Å²) in [5.74, 6) is -1.30. The fourth-order valence-electron chi connectivity index (χ4n) is 6.04. The Hall–Kier alpha value is -4.44. The first-order valence-electron chi connectivity index (χ1n) is 13.8. The SMILES string of the molecule is CN(C)C1=C(c2c(CCCCc3[nH]c4ccccc4c3C3=C(Br)C(=O)N(C)C3=O)[nH]c3ccccc23)C(=O)N(C)C1=O. The molecule has 10 heteroatoms. The highest BCUT2D eigenvalue weighted by Gasteiger charge is 2.40. The van der Waals surface area contributed by atoms with Crippen molar-refractivity contribution in [2.24, 2.45) is 0 Å². The van der Waals surface area contributed by atoms with Gasteiger partial charge in [-0.05, 0) is 53.7 Å². The molecule has 42 heavy (non-hydrogen) atoms. The highest BCUT2D eigenvalue weighted by atomic mass is 79.9. The number of aromatic nitrogens is 2. The topological polar surface area (TPSA) is 110 Å². The van der Waals surface area contributed by atoms with E-state index in [0.29, 0.717) is 29.7 Å². The molecule has 2 aliphatic rings. The van der Waals surface area contributed by atoms with E-state index in [0.717, 1.165) is 62.1 Å². The minimum absolute atomic E-state index is 0.273. The normalized spacial score (nSPS) is 16.0. The summed E-state index contributed by atoms with van der Waals surface area (Å²) in [5.41, 5.74) is 6.32. The van der Waals surface area contributed by atoms with Gasteiger partial charge < -0.3 is 14.9 Å². The number of unbranched alkanes of at least 4 members (excludes halogenated alkanes) is 1. The Morgan fingerprint density at radius 2 is 1.12 bits per heavy atom. The number of amides is 4. The minimum Gasteiger partial charge on any atom is -0.373 e. The van der Waals surface area contributed by atoms with Gasteiger partial charge in [0.05, 0.1) is 15.6 Å². The van der Waals surface area contributed by atoms with Crippen molar-refractivity contribution in [2.45, 2.75) is 25.7 Å². The average molecular weight is 629 g/mol. The van der Waals surface area contributed by atoms with Crippen LogP contribution in [0, 0.1) is 0 Å². The van der Waals surface area contributed by atoms with Crippen molar-refractivity contribution in [3.05, 3.63) is 81.2 Å². The number of aryl methyl sites for hydroxylation is 2. The number of benzene rings is 2. The number of imide groups is 2. The summed E-state index contributed by atoms with van der Waals surface area (Å²) < 4.78 is 0.273. The van der Waals surface area contributed by atoms with Crippen molar-refractivity contribution in [3.8, 4) is 0 Å². The predicted octanol–water partition coefficient (Wildman–Crippen LogP) is 4.59. The van der Waals surface area contributed by atoms with E-state index >= 15 is 0 Å². The summed E-state index contributed by atoms with van der Waals surface area (Å²) in [6.07, 6.45) is 2.87. The Bertz CT molecular complexity index is 1890. The third-order valence-corrected chi connectivity index (χ3v) is 8.85. The summed E-state index contributed by atoms with van der Waals surface area (Å²) in [6.45, 7) is 0. The number of fused-ring (bicyclic) bond motifs is 2. The maximum Gasteiger partial charge on any atom is 0.277 e. The van der Waals surface area contributed by atoms with Gasteiger partial charge in [-0.2, -0.15) is 0 Å². The molecular weight excluding hydrogens is 598 g/mol. The van der Waals surface area contributed by atoms with Crippen molar-refractivity contribution >= 4 is 72.5 Å². The molecule has 4 amide bonds. The van der Waals surface area contributed by atoms with Crippen molar-refractivity contribution < 1.29 is 19.2 Å². The molecule has 0 aliphatic carbocycles. The Morgan fingerprint density at radius 3 is 1.60 bits per heavy atom. The number of nitrogens with zero attached hydrogens (tertiary/aromatic N) is 3. The Labute approximate surface area is 251 Å². The number of carbonyl (C=O) groups excluding carboxylic acids is 4. The molecule has 6 rings (SSSR count). The number of aromatic amines is 2. The lowest BCUT2D eigenvalue weighted by Crippen LogP contribution is -2.29. The van der Waals surface area contributed by atoms with Gasteiger partial charge in [-0.1, -0.05) is 36.4 Å². The molecule has 0 radical (unpaired) electrons. The summed E-state index contributed by atoms with van der Waals surface area (Å²) in [4.78, 5) is 62.9. The standard InChI is InChI=1S/C32H30BrN5O4/c1-36(2)28-26(30(40)38(4)32(28)42)24-18-12-6-8-14-20(18)35-22(24)16-10-9-15-21-23(17-11-5-7-13-19(17)34-21)25-27(33)31(41)37(3)29(25)39/h5-8,11-14,34-35H,9-10,15-16H2,1-4H3. The molecule has 4 heterocycles. The fraction of sp³-hybridized carbons (Fsp3) is 0.250. The highest BCUT2D eigenvalue weighted by Crippen LogP contribution is 2.39. The van der Waals surface area contributed by atoms with Crippen LogP contribution in [0.4, 0.5) is 0 Å². The minimum atomic E-state index is -0.352.